The number of carbonyl (C=O) groups excluding carboxylic acids is 1. The number of aromatic nitrogens is 1. The number of methoxy groups -OCH3 is 1. The summed E-state index contributed by atoms with van der Waals surface area (Å²) in [6.45, 7) is 3.71. The minimum Gasteiger partial charge on any atom is -0.497 e. The van der Waals surface area contributed by atoms with Gasteiger partial charge in [0.25, 0.3) is 5.91 Å². The van der Waals surface area contributed by atoms with E-state index in [9.17, 15) is 4.79 Å². The number of carbonyl (C=O) groups is 1. The number of benzene rings is 2. The summed E-state index contributed by atoms with van der Waals surface area (Å²) in [7, 11) is 5.86. The fraction of sp³-hybridized carbons (Fsp3) is 0.333. The van der Waals surface area contributed by atoms with E-state index in [1.54, 1.807) is 18.4 Å². The van der Waals surface area contributed by atoms with Crippen LogP contribution in [-0.2, 0) is 0 Å². The maximum Gasteiger partial charge on any atom is 0.260 e. The molecule has 1 aromatic heterocycles. The lowest BCUT2D eigenvalue weighted by Gasteiger charge is -2.20. The van der Waals surface area contributed by atoms with E-state index < -0.39 is 0 Å². The van der Waals surface area contributed by atoms with Crippen molar-refractivity contribution < 1.29 is 14.4 Å². The third-order valence-corrected chi connectivity index (χ3v) is 5.45. The molecule has 0 atom stereocenters. The smallest absolute Gasteiger partial charge is 0.260 e. The predicted molar refractivity (Wildman–Crippen MR) is 111 cm³/mol. The van der Waals surface area contributed by atoms with Crippen LogP contribution in [0, 0.1) is 6.92 Å². The van der Waals surface area contributed by atoms with E-state index in [0.717, 1.165) is 34.1 Å². The van der Waals surface area contributed by atoms with Gasteiger partial charge in [0.05, 0.1) is 38.0 Å². The van der Waals surface area contributed by atoms with E-state index in [1.165, 1.54) is 10.5 Å². The molecule has 6 heteroatoms. The quantitative estimate of drug-likeness (QED) is 0.681. The molecular weight excluding hydrogens is 358 g/mol. The number of rotatable bonds is 7. The van der Waals surface area contributed by atoms with Crippen LogP contribution in [0.1, 0.15) is 22.3 Å². The molecule has 0 spiro atoms. The van der Waals surface area contributed by atoms with Crippen molar-refractivity contribution in [2.75, 3.05) is 39.2 Å². The molecule has 0 aliphatic rings. The lowest BCUT2D eigenvalue weighted by atomic mass is 10.2. The van der Waals surface area contributed by atoms with E-state index in [2.05, 4.69) is 33.2 Å². The van der Waals surface area contributed by atoms with Crippen LogP contribution in [0.25, 0.3) is 10.2 Å². The van der Waals surface area contributed by atoms with Gasteiger partial charge >= 0.3 is 0 Å². The van der Waals surface area contributed by atoms with Crippen LogP contribution in [0.4, 0.5) is 5.13 Å². The summed E-state index contributed by atoms with van der Waals surface area (Å²) < 4.78 is 6.31. The number of fused-ring (bicyclic) bond motifs is 1. The first-order chi connectivity index (χ1) is 13.0. The van der Waals surface area contributed by atoms with Crippen molar-refractivity contribution in [1.82, 2.24) is 4.98 Å². The lowest BCUT2D eigenvalue weighted by Crippen LogP contribution is -3.05. The van der Waals surface area contributed by atoms with Crippen molar-refractivity contribution in [1.29, 1.82) is 0 Å². The van der Waals surface area contributed by atoms with Crippen LogP contribution in [0.15, 0.2) is 42.5 Å². The second kappa shape index (κ2) is 8.50. The van der Waals surface area contributed by atoms with Gasteiger partial charge in [-0.25, -0.2) is 4.98 Å². The van der Waals surface area contributed by atoms with Gasteiger partial charge in [0.2, 0.25) is 0 Å². The van der Waals surface area contributed by atoms with Gasteiger partial charge in [-0.3, -0.25) is 9.69 Å². The zero-order valence-corrected chi connectivity index (χ0v) is 17.1. The molecule has 3 aromatic rings. The Balaban J connectivity index is 1.91. The van der Waals surface area contributed by atoms with Crippen LogP contribution in [-0.4, -0.2) is 45.2 Å². The predicted octanol–water partition coefficient (Wildman–Crippen LogP) is 2.79. The van der Waals surface area contributed by atoms with Gasteiger partial charge in [-0.2, -0.15) is 0 Å². The Morgan fingerprint density at radius 3 is 2.59 bits per heavy atom. The SMILES string of the molecule is COc1ccc(C(=O)N(CCC[NH+](C)C)c2nc3ccc(C)cc3s2)cc1. The highest BCUT2D eigenvalue weighted by atomic mass is 32.1. The van der Waals surface area contributed by atoms with Gasteiger partial charge in [0, 0.05) is 18.5 Å². The molecule has 0 radical (unpaired) electrons. The standard InChI is InChI=1S/C21H25N3O2S/c1-15-6-11-18-19(14-15)27-21(22-18)24(13-5-12-23(2)3)20(25)16-7-9-17(26-4)10-8-16/h6-11,14H,5,12-13H2,1-4H3/p+1. The van der Waals surface area contributed by atoms with Gasteiger partial charge in [-0.05, 0) is 48.9 Å². The number of hydrogen-bond donors (Lipinski definition) is 1. The number of aryl methyl sites for hydroxylation is 1. The molecular formula is C21H26N3O2S+. The number of thiazole rings is 1. The molecule has 2 aromatic carbocycles. The summed E-state index contributed by atoms with van der Waals surface area (Å²) in [5.41, 5.74) is 2.77. The van der Waals surface area contributed by atoms with E-state index in [1.807, 2.05) is 35.2 Å². The first kappa shape index (κ1) is 19.3. The number of quaternary nitrogens is 1. The topological polar surface area (TPSA) is 46.9 Å². The summed E-state index contributed by atoms with van der Waals surface area (Å²) in [5, 5.41) is 0.755. The zero-order valence-electron chi connectivity index (χ0n) is 16.3. The number of nitrogens with one attached hydrogen (secondary N) is 1. The highest BCUT2D eigenvalue weighted by molar-refractivity contribution is 7.22. The molecule has 5 nitrogen and oxygen atoms in total. The second-order valence-corrected chi connectivity index (χ2v) is 7.97. The third-order valence-electron chi connectivity index (χ3n) is 4.40. The van der Waals surface area contributed by atoms with Gasteiger partial charge in [-0.1, -0.05) is 17.4 Å². The maximum atomic E-state index is 13.2. The number of nitrogens with zero attached hydrogens (tertiary/aromatic N) is 2. The molecule has 142 valence electrons. The molecule has 1 N–H and O–H groups in total. The van der Waals surface area contributed by atoms with E-state index in [0.29, 0.717) is 12.1 Å². The van der Waals surface area contributed by atoms with Crippen molar-refractivity contribution in [3.05, 3.63) is 53.6 Å². The zero-order chi connectivity index (χ0) is 19.4. The average molecular weight is 385 g/mol. The summed E-state index contributed by atoms with van der Waals surface area (Å²) in [4.78, 5) is 21.1. The largest absolute Gasteiger partial charge is 0.497 e. The minimum absolute atomic E-state index is 0.0258. The molecule has 1 heterocycles. The summed E-state index contributed by atoms with van der Waals surface area (Å²) in [5.74, 6) is 0.715. The van der Waals surface area contributed by atoms with Crippen LogP contribution in [0.5, 0.6) is 5.75 Å². The number of anilines is 1. The Morgan fingerprint density at radius 1 is 1.19 bits per heavy atom. The first-order valence-corrected chi connectivity index (χ1v) is 9.91. The van der Waals surface area contributed by atoms with Crippen LogP contribution >= 0.6 is 11.3 Å². The highest BCUT2D eigenvalue weighted by Gasteiger charge is 2.21. The van der Waals surface area contributed by atoms with E-state index >= 15 is 0 Å². The van der Waals surface area contributed by atoms with Crippen molar-refractivity contribution >= 4 is 32.6 Å². The van der Waals surface area contributed by atoms with Gasteiger partial charge in [-0.15, -0.1) is 0 Å². The monoisotopic (exact) mass is 384 g/mol. The number of amides is 1. The first-order valence-electron chi connectivity index (χ1n) is 9.10. The average Bonchev–Trinajstić information content (AvgIpc) is 3.07. The molecule has 0 saturated heterocycles. The summed E-state index contributed by atoms with van der Waals surface area (Å²) in [6.07, 6.45) is 0.916. The Labute approximate surface area is 164 Å². The molecule has 3 rings (SSSR count). The summed E-state index contributed by atoms with van der Waals surface area (Å²) >= 11 is 1.57. The Hall–Kier alpha value is -2.44. The number of hydrogen-bond acceptors (Lipinski definition) is 4. The van der Waals surface area contributed by atoms with Gasteiger partial charge in [0.1, 0.15) is 5.75 Å². The van der Waals surface area contributed by atoms with Crippen molar-refractivity contribution in [2.24, 2.45) is 0 Å². The Morgan fingerprint density at radius 2 is 1.93 bits per heavy atom. The van der Waals surface area contributed by atoms with E-state index in [4.69, 9.17) is 9.72 Å². The number of ether oxygens (including phenoxy) is 1. The molecule has 0 bridgehead atoms. The van der Waals surface area contributed by atoms with E-state index in [-0.39, 0.29) is 5.91 Å². The molecule has 0 unspecified atom stereocenters. The molecule has 1 amide bonds. The van der Waals surface area contributed by atoms with Gasteiger partial charge < -0.3 is 9.64 Å². The fourth-order valence-electron chi connectivity index (χ4n) is 2.90. The van der Waals surface area contributed by atoms with Crippen molar-refractivity contribution in [3.8, 4) is 5.75 Å². The van der Waals surface area contributed by atoms with Crippen LogP contribution in [0.2, 0.25) is 0 Å². The highest BCUT2D eigenvalue weighted by Crippen LogP contribution is 2.30. The lowest BCUT2D eigenvalue weighted by molar-refractivity contribution is -0.858. The Kier molecular flexibility index (Phi) is 6.08. The summed E-state index contributed by atoms with van der Waals surface area (Å²) in [6, 6.07) is 13.4. The molecule has 0 fully saturated rings. The molecule has 0 aliphatic heterocycles. The fourth-order valence-corrected chi connectivity index (χ4v) is 3.99. The second-order valence-electron chi connectivity index (χ2n) is 6.96. The minimum atomic E-state index is -0.0258. The van der Waals surface area contributed by atoms with Gasteiger partial charge in [0.15, 0.2) is 5.13 Å². The normalized spacial score (nSPS) is 11.1. The maximum absolute atomic E-state index is 13.2. The Bertz CT molecular complexity index is 919. The molecule has 0 saturated carbocycles. The van der Waals surface area contributed by atoms with Crippen LogP contribution in [0.3, 0.4) is 0 Å². The van der Waals surface area contributed by atoms with Crippen LogP contribution < -0.4 is 14.5 Å². The molecule has 27 heavy (non-hydrogen) atoms. The van der Waals surface area contributed by atoms with Crippen molar-refractivity contribution in [2.45, 2.75) is 13.3 Å². The molecule has 0 aliphatic carbocycles. The van der Waals surface area contributed by atoms with Crippen molar-refractivity contribution in [3.63, 3.8) is 0 Å². The third kappa shape index (κ3) is 4.64.